The van der Waals surface area contributed by atoms with Gasteiger partial charge in [0.05, 0.1) is 5.69 Å². The maximum absolute atomic E-state index is 14.1. The highest BCUT2D eigenvalue weighted by molar-refractivity contribution is 5.67. The first-order chi connectivity index (χ1) is 10.2. The van der Waals surface area contributed by atoms with Crippen molar-refractivity contribution in [3.8, 4) is 16.9 Å². The van der Waals surface area contributed by atoms with Gasteiger partial charge in [0.25, 0.3) is 0 Å². The molecule has 4 nitrogen and oxygen atoms in total. The van der Waals surface area contributed by atoms with Gasteiger partial charge in [0.2, 0.25) is 0 Å². The summed E-state index contributed by atoms with van der Waals surface area (Å²) in [6, 6.07) is 14.3. The van der Waals surface area contributed by atoms with E-state index in [1.54, 1.807) is 18.2 Å². The van der Waals surface area contributed by atoms with Crippen LogP contribution in [0.3, 0.4) is 0 Å². The molecule has 2 aromatic carbocycles. The van der Waals surface area contributed by atoms with Crippen LogP contribution in [0.4, 0.5) is 4.39 Å². The molecule has 21 heavy (non-hydrogen) atoms. The van der Waals surface area contributed by atoms with Gasteiger partial charge in [-0.1, -0.05) is 41.6 Å². The molecular formula is C16H15FN4. The van der Waals surface area contributed by atoms with Gasteiger partial charge in [0.15, 0.2) is 0 Å². The highest BCUT2D eigenvalue weighted by atomic mass is 19.1. The zero-order valence-electron chi connectivity index (χ0n) is 11.6. The van der Waals surface area contributed by atoms with E-state index in [4.69, 9.17) is 5.73 Å². The third-order valence-corrected chi connectivity index (χ3v) is 3.41. The van der Waals surface area contributed by atoms with Crippen molar-refractivity contribution in [3.05, 3.63) is 65.6 Å². The predicted octanol–water partition coefficient (Wildman–Crippen LogP) is 2.84. The maximum atomic E-state index is 14.1. The number of aryl methyl sites for hydroxylation is 1. The fourth-order valence-electron chi connectivity index (χ4n) is 2.35. The van der Waals surface area contributed by atoms with Crippen molar-refractivity contribution in [1.29, 1.82) is 0 Å². The molecular weight excluding hydrogens is 267 g/mol. The van der Waals surface area contributed by atoms with E-state index in [0.717, 1.165) is 16.8 Å². The van der Waals surface area contributed by atoms with Crippen LogP contribution >= 0.6 is 0 Å². The SMILES string of the molecule is Cc1ccccc1-c1c(CN)nnn1-c1ccccc1F. The predicted molar refractivity (Wildman–Crippen MR) is 79.4 cm³/mol. The number of hydrogen-bond acceptors (Lipinski definition) is 3. The summed E-state index contributed by atoms with van der Waals surface area (Å²) in [7, 11) is 0. The third kappa shape index (κ3) is 2.32. The molecule has 0 amide bonds. The summed E-state index contributed by atoms with van der Waals surface area (Å²) in [6.45, 7) is 2.24. The van der Waals surface area contributed by atoms with E-state index in [-0.39, 0.29) is 12.4 Å². The molecule has 0 radical (unpaired) electrons. The Hall–Kier alpha value is -2.53. The average Bonchev–Trinajstić information content (AvgIpc) is 2.92. The van der Waals surface area contributed by atoms with E-state index in [1.807, 2.05) is 31.2 Å². The second kappa shape index (κ2) is 5.46. The first-order valence-corrected chi connectivity index (χ1v) is 6.68. The Morgan fingerprint density at radius 1 is 1.10 bits per heavy atom. The molecule has 3 rings (SSSR count). The first-order valence-electron chi connectivity index (χ1n) is 6.68. The van der Waals surface area contributed by atoms with E-state index in [9.17, 15) is 4.39 Å². The Balaban J connectivity index is 2.28. The summed E-state index contributed by atoms with van der Waals surface area (Å²) in [5, 5.41) is 8.17. The molecule has 106 valence electrons. The summed E-state index contributed by atoms with van der Waals surface area (Å²) in [6.07, 6.45) is 0. The zero-order valence-corrected chi connectivity index (χ0v) is 11.6. The Morgan fingerprint density at radius 3 is 2.52 bits per heavy atom. The Kier molecular flexibility index (Phi) is 3.50. The molecule has 0 bridgehead atoms. The van der Waals surface area contributed by atoms with Gasteiger partial charge in [-0.05, 0) is 24.6 Å². The number of aromatic nitrogens is 3. The molecule has 1 heterocycles. The molecule has 0 aliphatic heterocycles. The van der Waals surface area contributed by atoms with E-state index < -0.39 is 0 Å². The summed E-state index contributed by atoms with van der Waals surface area (Å²) < 4.78 is 15.6. The van der Waals surface area contributed by atoms with E-state index in [2.05, 4.69) is 10.3 Å². The van der Waals surface area contributed by atoms with Crippen LogP contribution in [0.25, 0.3) is 16.9 Å². The summed E-state index contributed by atoms with van der Waals surface area (Å²) in [5.41, 5.74) is 9.52. The molecule has 5 heteroatoms. The van der Waals surface area contributed by atoms with E-state index in [0.29, 0.717) is 11.4 Å². The highest BCUT2D eigenvalue weighted by Crippen LogP contribution is 2.28. The molecule has 3 aromatic rings. The van der Waals surface area contributed by atoms with Crippen LogP contribution in [-0.4, -0.2) is 15.0 Å². The van der Waals surface area contributed by atoms with Crippen LogP contribution in [0.1, 0.15) is 11.3 Å². The highest BCUT2D eigenvalue weighted by Gasteiger charge is 2.18. The molecule has 0 saturated heterocycles. The first kappa shape index (κ1) is 13.5. The Morgan fingerprint density at radius 2 is 1.81 bits per heavy atom. The normalized spacial score (nSPS) is 10.8. The Bertz CT molecular complexity index is 779. The second-order valence-electron chi connectivity index (χ2n) is 4.77. The van der Waals surface area contributed by atoms with Crippen LogP contribution < -0.4 is 5.73 Å². The van der Waals surface area contributed by atoms with Gasteiger partial charge in [-0.25, -0.2) is 9.07 Å². The smallest absolute Gasteiger partial charge is 0.148 e. The number of halogens is 1. The van der Waals surface area contributed by atoms with Gasteiger partial charge < -0.3 is 5.73 Å². The van der Waals surface area contributed by atoms with Gasteiger partial charge in [-0.2, -0.15) is 0 Å². The summed E-state index contributed by atoms with van der Waals surface area (Å²) >= 11 is 0. The lowest BCUT2D eigenvalue weighted by Gasteiger charge is -2.10. The van der Waals surface area contributed by atoms with Gasteiger partial charge >= 0.3 is 0 Å². The van der Waals surface area contributed by atoms with Crippen molar-refractivity contribution in [2.45, 2.75) is 13.5 Å². The van der Waals surface area contributed by atoms with Crippen molar-refractivity contribution in [3.63, 3.8) is 0 Å². The summed E-state index contributed by atoms with van der Waals surface area (Å²) in [4.78, 5) is 0. The lowest BCUT2D eigenvalue weighted by molar-refractivity contribution is 0.608. The quantitative estimate of drug-likeness (QED) is 0.803. The standard InChI is InChI=1S/C16H15FN4/c1-11-6-2-3-7-12(11)16-14(10-18)19-20-21(16)15-9-5-4-8-13(15)17/h2-9H,10,18H2,1H3. The van der Waals surface area contributed by atoms with Crippen LogP contribution in [0.15, 0.2) is 48.5 Å². The average molecular weight is 282 g/mol. The van der Waals surface area contributed by atoms with Gasteiger partial charge in [0.1, 0.15) is 17.2 Å². The number of rotatable bonds is 3. The number of hydrogen-bond donors (Lipinski definition) is 1. The van der Waals surface area contributed by atoms with Gasteiger partial charge in [-0.15, -0.1) is 5.10 Å². The van der Waals surface area contributed by atoms with E-state index in [1.165, 1.54) is 10.7 Å². The van der Waals surface area contributed by atoms with Crippen molar-refractivity contribution in [1.82, 2.24) is 15.0 Å². The van der Waals surface area contributed by atoms with Crippen LogP contribution in [0, 0.1) is 12.7 Å². The minimum atomic E-state index is -0.346. The minimum absolute atomic E-state index is 0.248. The maximum Gasteiger partial charge on any atom is 0.148 e. The van der Waals surface area contributed by atoms with Crippen molar-refractivity contribution in [2.75, 3.05) is 0 Å². The van der Waals surface area contributed by atoms with Gasteiger partial charge in [-0.3, -0.25) is 0 Å². The van der Waals surface area contributed by atoms with Gasteiger partial charge in [0, 0.05) is 12.1 Å². The second-order valence-corrected chi connectivity index (χ2v) is 4.77. The lowest BCUT2D eigenvalue weighted by Crippen LogP contribution is -2.05. The number of para-hydroxylation sites is 1. The van der Waals surface area contributed by atoms with Crippen molar-refractivity contribution >= 4 is 0 Å². The molecule has 2 N–H and O–H groups in total. The van der Waals surface area contributed by atoms with E-state index >= 15 is 0 Å². The largest absolute Gasteiger partial charge is 0.325 e. The number of nitrogens with two attached hydrogens (primary N) is 1. The van der Waals surface area contributed by atoms with Crippen LogP contribution in [0.2, 0.25) is 0 Å². The third-order valence-electron chi connectivity index (χ3n) is 3.41. The molecule has 0 aliphatic carbocycles. The lowest BCUT2D eigenvalue weighted by atomic mass is 10.0. The molecule has 0 saturated carbocycles. The van der Waals surface area contributed by atoms with Crippen molar-refractivity contribution < 1.29 is 4.39 Å². The molecule has 0 unspecified atom stereocenters. The van der Waals surface area contributed by atoms with Crippen LogP contribution in [-0.2, 0) is 6.54 Å². The topological polar surface area (TPSA) is 56.7 Å². The molecule has 0 aliphatic rings. The fourth-order valence-corrected chi connectivity index (χ4v) is 2.35. The molecule has 1 aromatic heterocycles. The minimum Gasteiger partial charge on any atom is -0.325 e. The molecule has 0 spiro atoms. The fraction of sp³-hybridized carbons (Fsp3) is 0.125. The van der Waals surface area contributed by atoms with Crippen molar-refractivity contribution in [2.24, 2.45) is 5.73 Å². The number of nitrogens with zero attached hydrogens (tertiary/aromatic N) is 3. The monoisotopic (exact) mass is 282 g/mol. The molecule has 0 fully saturated rings. The zero-order chi connectivity index (χ0) is 14.8. The van der Waals surface area contributed by atoms with Crippen LogP contribution in [0.5, 0.6) is 0 Å². The Labute approximate surface area is 122 Å². The summed E-state index contributed by atoms with van der Waals surface area (Å²) in [5.74, 6) is -0.346. The molecule has 0 atom stereocenters. The number of benzene rings is 2.